The molecule has 0 aliphatic heterocycles. The average Bonchev–Trinajstić information content (AvgIpc) is 2.21. The van der Waals surface area contributed by atoms with Gasteiger partial charge in [-0.25, -0.2) is 4.79 Å². The Balaban J connectivity index is 4.69. The van der Waals surface area contributed by atoms with E-state index in [9.17, 15) is 9.59 Å². The van der Waals surface area contributed by atoms with Gasteiger partial charge in [0.15, 0.2) is 0 Å². The van der Waals surface area contributed by atoms with Crippen LogP contribution in [0.25, 0.3) is 0 Å². The highest BCUT2D eigenvalue weighted by Gasteiger charge is 2.34. The van der Waals surface area contributed by atoms with E-state index in [1.54, 1.807) is 20.8 Å². The van der Waals surface area contributed by atoms with Crippen LogP contribution >= 0.6 is 0 Å². The minimum atomic E-state index is -1.04. The van der Waals surface area contributed by atoms with Crippen molar-refractivity contribution in [1.29, 1.82) is 0 Å². The maximum Gasteiger partial charge on any atom is 0.326 e. The van der Waals surface area contributed by atoms with Crippen molar-refractivity contribution in [3.05, 3.63) is 0 Å². The molecule has 5 nitrogen and oxygen atoms in total. The van der Waals surface area contributed by atoms with Gasteiger partial charge in [-0.15, -0.1) is 0 Å². The maximum atomic E-state index is 11.8. The lowest BCUT2D eigenvalue weighted by atomic mass is 9.86. The Morgan fingerprint density at radius 3 is 2.12 bits per heavy atom. The molecule has 0 aliphatic rings. The van der Waals surface area contributed by atoms with Crippen molar-refractivity contribution < 1.29 is 14.7 Å². The van der Waals surface area contributed by atoms with Gasteiger partial charge in [0.05, 0.1) is 6.04 Å². The fourth-order valence-electron chi connectivity index (χ4n) is 1.40. The molecular weight excluding hydrogens is 220 g/mol. The number of hydrogen-bond donors (Lipinski definition) is 3. The second kappa shape index (κ2) is 6.00. The van der Waals surface area contributed by atoms with Crippen molar-refractivity contribution >= 4 is 11.9 Å². The summed E-state index contributed by atoms with van der Waals surface area (Å²) >= 11 is 0. The first kappa shape index (κ1) is 15.9. The first-order valence-electron chi connectivity index (χ1n) is 5.90. The predicted molar refractivity (Wildman–Crippen MR) is 66.5 cm³/mol. The van der Waals surface area contributed by atoms with Gasteiger partial charge in [0.25, 0.3) is 0 Å². The molecule has 0 aromatic heterocycles. The summed E-state index contributed by atoms with van der Waals surface area (Å²) in [5.41, 5.74) is 5.21. The summed E-state index contributed by atoms with van der Waals surface area (Å²) in [4.78, 5) is 22.9. The van der Waals surface area contributed by atoms with Crippen molar-refractivity contribution in [2.24, 2.45) is 17.1 Å². The number of carbonyl (C=O) groups excluding carboxylic acids is 1. The number of hydrogen-bond acceptors (Lipinski definition) is 3. The van der Waals surface area contributed by atoms with Gasteiger partial charge in [0.1, 0.15) is 6.04 Å². The van der Waals surface area contributed by atoms with Crippen LogP contribution in [-0.2, 0) is 9.59 Å². The molecule has 0 heterocycles. The molecular formula is C12H24N2O3. The fourth-order valence-corrected chi connectivity index (χ4v) is 1.40. The Bertz CT molecular complexity index is 284. The lowest BCUT2D eigenvalue weighted by Crippen LogP contribution is -2.55. The number of carboxylic acids is 1. The molecule has 0 saturated heterocycles. The zero-order chi connectivity index (χ0) is 13.8. The molecule has 5 heteroatoms. The molecule has 0 bridgehead atoms. The van der Waals surface area contributed by atoms with Crippen LogP contribution in [-0.4, -0.2) is 29.1 Å². The topological polar surface area (TPSA) is 92.4 Å². The van der Waals surface area contributed by atoms with E-state index < -0.39 is 29.4 Å². The average molecular weight is 244 g/mol. The Morgan fingerprint density at radius 2 is 1.82 bits per heavy atom. The van der Waals surface area contributed by atoms with Crippen molar-refractivity contribution in [3.63, 3.8) is 0 Å². The summed E-state index contributed by atoms with van der Waals surface area (Å²) in [6.45, 7) is 9.11. The Hall–Kier alpha value is -1.10. The highest BCUT2D eigenvalue weighted by atomic mass is 16.4. The van der Waals surface area contributed by atoms with Crippen LogP contribution in [0, 0.1) is 11.3 Å². The molecule has 0 saturated carbocycles. The zero-order valence-electron chi connectivity index (χ0n) is 11.3. The maximum absolute atomic E-state index is 11.8. The molecule has 0 spiro atoms. The molecule has 1 amide bonds. The van der Waals surface area contributed by atoms with E-state index in [1.807, 2.05) is 13.8 Å². The van der Waals surface area contributed by atoms with Crippen LogP contribution in [0.15, 0.2) is 0 Å². The first-order chi connectivity index (χ1) is 7.61. The molecule has 100 valence electrons. The number of rotatable bonds is 5. The molecule has 4 N–H and O–H groups in total. The number of amides is 1. The molecule has 1 unspecified atom stereocenters. The largest absolute Gasteiger partial charge is 0.480 e. The van der Waals surface area contributed by atoms with E-state index in [-0.39, 0.29) is 5.92 Å². The summed E-state index contributed by atoms with van der Waals surface area (Å²) in [5.74, 6) is -1.41. The normalized spacial score (nSPS) is 17.1. The van der Waals surface area contributed by atoms with Crippen molar-refractivity contribution in [2.75, 3.05) is 0 Å². The quantitative estimate of drug-likeness (QED) is 0.672. The standard InChI is InChI=1S/C12H24N2O3/c1-6-7(2)8(13)10(15)14-9(11(16)17)12(3,4)5/h7-9H,6,13H2,1-5H3,(H,14,15)(H,16,17)/t7?,8-,9+/m0/s1. The minimum absolute atomic E-state index is 0.0319. The van der Waals surface area contributed by atoms with Crippen LogP contribution in [0.5, 0.6) is 0 Å². The Labute approximate surface area is 103 Å². The number of carbonyl (C=O) groups is 2. The first-order valence-corrected chi connectivity index (χ1v) is 5.90. The van der Waals surface area contributed by atoms with Gasteiger partial charge < -0.3 is 16.2 Å². The second-order valence-electron chi connectivity index (χ2n) is 5.56. The molecule has 17 heavy (non-hydrogen) atoms. The van der Waals surface area contributed by atoms with Crippen LogP contribution < -0.4 is 11.1 Å². The summed E-state index contributed by atoms with van der Waals surface area (Å²) in [6.07, 6.45) is 0.780. The van der Waals surface area contributed by atoms with Gasteiger partial charge in [-0.1, -0.05) is 41.0 Å². The lowest BCUT2D eigenvalue weighted by molar-refractivity contribution is -0.145. The molecule has 0 radical (unpaired) electrons. The molecule has 3 atom stereocenters. The van der Waals surface area contributed by atoms with E-state index in [4.69, 9.17) is 10.8 Å². The molecule has 0 rings (SSSR count). The van der Waals surface area contributed by atoms with E-state index in [0.29, 0.717) is 0 Å². The Kier molecular flexibility index (Phi) is 5.61. The summed E-state index contributed by atoms with van der Waals surface area (Å²) in [7, 11) is 0. The lowest BCUT2D eigenvalue weighted by Gasteiger charge is -2.29. The molecule has 0 aromatic carbocycles. The summed E-state index contributed by atoms with van der Waals surface area (Å²) < 4.78 is 0. The third-order valence-corrected chi connectivity index (χ3v) is 2.96. The van der Waals surface area contributed by atoms with Crippen molar-refractivity contribution in [2.45, 2.75) is 53.1 Å². The minimum Gasteiger partial charge on any atom is -0.480 e. The van der Waals surface area contributed by atoms with Gasteiger partial charge in [-0.3, -0.25) is 4.79 Å². The monoisotopic (exact) mass is 244 g/mol. The second-order valence-corrected chi connectivity index (χ2v) is 5.56. The van der Waals surface area contributed by atoms with Gasteiger partial charge in [0, 0.05) is 0 Å². The number of nitrogens with one attached hydrogen (secondary N) is 1. The fraction of sp³-hybridized carbons (Fsp3) is 0.833. The number of aliphatic carboxylic acids is 1. The van der Waals surface area contributed by atoms with Crippen LogP contribution in [0.1, 0.15) is 41.0 Å². The van der Waals surface area contributed by atoms with Crippen LogP contribution in [0.2, 0.25) is 0 Å². The van der Waals surface area contributed by atoms with Crippen molar-refractivity contribution in [1.82, 2.24) is 5.32 Å². The van der Waals surface area contributed by atoms with E-state index in [0.717, 1.165) is 6.42 Å². The predicted octanol–water partition coefficient (Wildman–Crippen LogP) is 0.975. The molecule has 0 aliphatic carbocycles. The van der Waals surface area contributed by atoms with Crippen LogP contribution in [0.4, 0.5) is 0 Å². The number of carboxylic acid groups (broad SMARTS) is 1. The van der Waals surface area contributed by atoms with E-state index >= 15 is 0 Å². The number of nitrogens with two attached hydrogens (primary N) is 1. The Morgan fingerprint density at radius 1 is 1.35 bits per heavy atom. The summed E-state index contributed by atoms with van der Waals surface area (Å²) in [5, 5.41) is 11.6. The van der Waals surface area contributed by atoms with E-state index in [2.05, 4.69) is 5.32 Å². The van der Waals surface area contributed by atoms with Gasteiger partial charge in [-0.2, -0.15) is 0 Å². The third kappa shape index (κ3) is 4.73. The SMILES string of the molecule is CCC(C)[C@H](N)C(=O)N[C@H](C(=O)O)C(C)(C)C. The van der Waals surface area contributed by atoms with Gasteiger partial charge in [0.2, 0.25) is 5.91 Å². The zero-order valence-corrected chi connectivity index (χ0v) is 11.3. The van der Waals surface area contributed by atoms with Crippen molar-refractivity contribution in [3.8, 4) is 0 Å². The smallest absolute Gasteiger partial charge is 0.326 e. The van der Waals surface area contributed by atoms with Gasteiger partial charge >= 0.3 is 5.97 Å². The van der Waals surface area contributed by atoms with Crippen LogP contribution in [0.3, 0.4) is 0 Å². The third-order valence-electron chi connectivity index (χ3n) is 2.96. The molecule has 0 aromatic rings. The molecule has 0 fully saturated rings. The van der Waals surface area contributed by atoms with Gasteiger partial charge in [-0.05, 0) is 11.3 Å². The highest BCUT2D eigenvalue weighted by molar-refractivity contribution is 5.87. The summed E-state index contributed by atoms with van der Waals surface area (Å²) in [6, 6.07) is -1.59. The van der Waals surface area contributed by atoms with E-state index in [1.165, 1.54) is 0 Å². The highest BCUT2D eigenvalue weighted by Crippen LogP contribution is 2.19.